The topological polar surface area (TPSA) is 117 Å². The third kappa shape index (κ3) is 5.56. The number of amides is 2. The van der Waals surface area contributed by atoms with Crippen LogP contribution in [0.2, 0.25) is 0 Å². The van der Waals surface area contributed by atoms with Gasteiger partial charge in [0.2, 0.25) is 0 Å². The van der Waals surface area contributed by atoms with E-state index in [0.717, 1.165) is 34.6 Å². The zero-order chi connectivity index (χ0) is 23.6. The second-order valence-electron chi connectivity index (χ2n) is 9.33. The normalized spacial score (nSPS) is 17.8. The van der Waals surface area contributed by atoms with E-state index in [2.05, 4.69) is 10.6 Å². The quantitative estimate of drug-likeness (QED) is 0.679. The molecule has 1 saturated heterocycles. The average molecular weight is 461 g/mol. The molecule has 1 atom stereocenters. The van der Waals surface area contributed by atoms with Crippen LogP contribution >= 0.6 is 0 Å². The maximum Gasteiger partial charge on any atom is 0.407 e. The van der Waals surface area contributed by atoms with Crippen molar-refractivity contribution >= 4 is 12.0 Å². The Morgan fingerprint density at radius 1 is 1.24 bits per heavy atom. The van der Waals surface area contributed by atoms with E-state index in [1.54, 1.807) is 0 Å². The predicted octanol–water partition coefficient (Wildman–Crippen LogP) is 2.22. The summed E-state index contributed by atoms with van der Waals surface area (Å²) in [6.07, 6.45) is 2.88. The Morgan fingerprint density at radius 2 is 2.06 bits per heavy atom. The van der Waals surface area contributed by atoms with Crippen molar-refractivity contribution in [1.82, 2.24) is 20.4 Å². The number of furan rings is 1. The minimum Gasteiger partial charge on any atom is -0.455 e. The van der Waals surface area contributed by atoms with E-state index in [9.17, 15) is 9.59 Å². The number of carbonyl (C=O) groups is 2. The van der Waals surface area contributed by atoms with Crippen LogP contribution in [-0.4, -0.2) is 66.4 Å². The van der Waals surface area contributed by atoms with Gasteiger partial charge in [0.1, 0.15) is 11.4 Å². The van der Waals surface area contributed by atoms with Crippen molar-refractivity contribution in [3.05, 3.63) is 28.8 Å². The summed E-state index contributed by atoms with van der Waals surface area (Å²) in [6, 6.07) is 0. The zero-order valence-electron chi connectivity index (χ0n) is 19.7. The number of nitrogens with one attached hydrogen (secondary N) is 2. The lowest BCUT2D eigenvalue weighted by Gasteiger charge is -2.22. The van der Waals surface area contributed by atoms with Crippen molar-refractivity contribution in [2.24, 2.45) is 0 Å². The molecule has 2 N–H and O–H groups in total. The lowest BCUT2D eigenvalue weighted by molar-refractivity contribution is -0.0856. The van der Waals surface area contributed by atoms with Gasteiger partial charge in [-0.25, -0.2) is 4.79 Å². The number of hydrogen-bond donors (Lipinski definition) is 2. The van der Waals surface area contributed by atoms with E-state index in [0.29, 0.717) is 51.6 Å². The summed E-state index contributed by atoms with van der Waals surface area (Å²) in [7, 11) is 0. The summed E-state index contributed by atoms with van der Waals surface area (Å²) in [5.41, 5.74) is 3.06. The molecule has 0 aromatic carbocycles. The Balaban J connectivity index is 1.40. The minimum absolute atomic E-state index is 0.149. The van der Waals surface area contributed by atoms with Crippen LogP contribution in [0.1, 0.15) is 48.2 Å². The number of alkyl carbamates (subject to hydrolysis) is 1. The number of aromatic nitrogens is 2. The third-order valence-corrected chi connectivity index (χ3v) is 5.51. The van der Waals surface area contributed by atoms with Gasteiger partial charge in [0.25, 0.3) is 5.91 Å². The number of carbonyl (C=O) groups excluding carboxylic acids is 2. The highest BCUT2D eigenvalue weighted by atomic mass is 16.6. The molecule has 2 aromatic heterocycles. The van der Waals surface area contributed by atoms with Crippen LogP contribution in [0.4, 0.5) is 4.79 Å². The maximum atomic E-state index is 12.8. The van der Waals surface area contributed by atoms with Crippen molar-refractivity contribution in [1.29, 1.82) is 0 Å². The Bertz CT molecular complexity index is 1010. The molecule has 2 aliphatic rings. The third-order valence-electron chi connectivity index (χ3n) is 5.51. The van der Waals surface area contributed by atoms with Crippen LogP contribution in [0.5, 0.6) is 0 Å². The molecular weight excluding hydrogens is 428 g/mol. The van der Waals surface area contributed by atoms with Crippen molar-refractivity contribution in [3.63, 3.8) is 0 Å². The molecule has 180 valence electrons. The van der Waals surface area contributed by atoms with Crippen molar-refractivity contribution < 1.29 is 28.2 Å². The molecule has 10 heteroatoms. The minimum atomic E-state index is -0.536. The van der Waals surface area contributed by atoms with Gasteiger partial charge in [-0.3, -0.25) is 9.48 Å². The summed E-state index contributed by atoms with van der Waals surface area (Å²) in [5, 5.41) is 10.3. The van der Waals surface area contributed by atoms with Gasteiger partial charge in [0.15, 0.2) is 5.76 Å². The Kier molecular flexibility index (Phi) is 6.76. The van der Waals surface area contributed by atoms with E-state index in [4.69, 9.17) is 23.7 Å². The molecular formula is C23H32N4O6. The molecule has 2 amide bonds. The summed E-state index contributed by atoms with van der Waals surface area (Å²) in [5.74, 6) is 0.823. The molecule has 1 aliphatic carbocycles. The van der Waals surface area contributed by atoms with Crippen molar-refractivity contribution in [2.45, 2.75) is 58.8 Å². The smallest absolute Gasteiger partial charge is 0.407 e. The number of rotatable bonds is 6. The van der Waals surface area contributed by atoms with Gasteiger partial charge in [-0.1, -0.05) is 0 Å². The summed E-state index contributed by atoms with van der Waals surface area (Å²) in [4.78, 5) is 24.6. The van der Waals surface area contributed by atoms with E-state index in [1.165, 1.54) is 0 Å². The molecule has 33 heavy (non-hydrogen) atoms. The van der Waals surface area contributed by atoms with Crippen molar-refractivity contribution in [2.75, 3.05) is 32.9 Å². The molecule has 10 nitrogen and oxygen atoms in total. The lowest BCUT2D eigenvalue weighted by atomic mass is 9.93. The van der Waals surface area contributed by atoms with Crippen LogP contribution in [0.25, 0.3) is 11.3 Å². The summed E-state index contributed by atoms with van der Waals surface area (Å²) >= 11 is 0. The van der Waals surface area contributed by atoms with Crippen LogP contribution in [0, 0.1) is 6.92 Å². The van der Waals surface area contributed by atoms with E-state index in [-0.39, 0.29) is 12.0 Å². The molecule has 0 spiro atoms. The second-order valence-corrected chi connectivity index (χ2v) is 9.33. The Morgan fingerprint density at radius 3 is 2.79 bits per heavy atom. The average Bonchev–Trinajstić information content (AvgIpc) is 3.32. The highest BCUT2D eigenvalue weighted by Crippen LogP contribution is 2.38. The predicted molar refractivity (Wildman–Crippen MR) is 119 cm³/mol. The molecule has 3 heterocycles. The van der Waals surface area contributed by atoms with E-state index < -0.39 is 11.7 Å². The molecule has 0 saturated carbocycles. The van der Waals surface area contributed by atoms with Gasteiger partial charge in [-0.15, -0.1) is 0 Å². The number of hydrogen-bond acceptors (Lipinski definition) is 7. The molecule has 4 rings (SSSR count). The van der Waals surface area contributed by atoms with Gasteiger partial charge < -0.3 is 29.3 Å². The fourth-order valence-electron chi connectivity index (χ4n) is 4.02. The van der Waals surface area contributed by atoms with Gasteiger partial charge in [0, 0.05) is 36.8 Å². The van der Waals surface area contributed by atoms with Crippen LogP contribution in [0.3, 0.4) is 0 Å². The van der Waals surface area contributed by atoms with Crippen LogP contribution in [-0.2, 0) is 33.6 Å². The first kappa shape index (κ1) is 23.3. The standard InChI is InChI=1S/C23H32N4O6/c1-14-18-17(32-20(14)21(28)25-11-16-13-30-9-10-31-16)6-5-15-12-27(26-19(15)18)8-7-24-22(29)33-23(2,3)4/h12,16H,5-11,13H2,1-4H3,(H,24,29)(H,25,28)/t16-/m1/s1. The molecule has 2 aromatic rings. The molecule has 1 fully saturated rings. The van der Waals surface area contributed by atoms with Gasteiger partial charge in [-0.05, 0) is 39.7 Å². The van der Waals surface area contributed by atoms with Gasteiger partial charge in [-0.2, -0.15) is 5.10 Å². The lowest BCUT2D eigenvalue weighted by Crippen LogP contribution is -2.39. The monoisotopic (exact) mass is 460 g/mol. The van der Waals surface area contributed by atoms with Crippen LogP contribution in [0.15, 0.2) is 10.6 Å². The summed E-state index contributed by atoms with van der Waals surface area (Å²) < 4.78 is 24.0. The summed E-state index contributed by atoms with van der Waals surface area (Å²) in [6.45, 7) is 10.2. The van der Waals surface area contributed by atoms with E-state index in [1.807, 2.05) is 38.6 Å². The molecule has 0 bridgehead atoms. The fourth-order valence-corrected chi connectivity index (χ4v) is 4.02. The maximum absolute atomic E-state index is 12.8. The number of ether oxygens (including phenoxy) is 3. The van der Waals surface area contributed by atoms with Gasteiger partial charge in [0.05, 0.1) is 38.2 Å². The fraction of sp³-hybridized carbons (Fsp3) is 0.609. The molecule has 1 aliphatic heterocycles. The Labute approximate surface area is 192 Å². The SMILES string of the molecule is Cc1c(C(=O)NC[C@@H]2COCCO2)oc2c1-c1nn(CCNC(=O)OC(C)(C)C)cc1CC2. The first-order valence-corrected chi connectivity index (χ1v) is 11.3. The van der Waals surface area contributed by atoms with Gasteiger partial charge >= 0.3 is 6.09 Å². The largest absolute Gasteiger partial charge is 0.455 e. The Hall–Kier alpha value is -2.85. The molecule has 0 radical (unpaired) electrons. The zero-order valence-corrected chi connectivity index (χ0v) is 19.7. The highest BCUT2D eigenvalue weighted by Gasteiger charge is 2.30. The number of nitrogens with zero attached hydrogens (tertiary/aromatic N) is 2. The van der Waals surface area contributed by atoms with Crippen molar-refractivity contribution in [3.8, 4) is 11.3 Å². The first-order chi connectivity index (χ1) is 15.7. The first-order valence-electron chi connectivity index (χ1n) is 11.3. The highest BCUT2D eigenvalue weighted by molar-refractivity contribution is 5.95. The van der Waals surface area contributed by atoms with E-state index >= 15 is 0 Å². The van der Waals surface area contributed by atoms with Crippen LogP contribution < -0.4 is 10.6 Å². The molecule has 0 unspecified atom stereocenters. The number of aryl methyl sites for hydroxylation is 2. The second kappa shape index (κ2) is 9.56. The number of fused-ring (bicyclic) bond motifs is 3.